The van der Waals surface area contributed by atoms with Crippen molar-refractivity contribution < 1.29 is 4.79 Å². The van der Waals surface area contributed by atoms with Crippen LogP contribution in [0.4, 0.5) is 5.69 Å². The fraction of sp³-hybridized carbons (Fsp3) is 0.611. The SMILES string of the molecule is CC(C)C(Br)Cc1ccc(NC(=O)C2CCCCC2)cc1. The van der Waals surface area contributed by atoms with E-state index in [1.807, 2.05) is 12.1 Å². The van der Waals surface area contributed by atoms with Gasteiger partial charge in [-0.05, 0) is 42.9 Å². The molecule has 3 heteroatoms. The van der Waals surface area contributed by atoms with Crippen molar-refractivity contribution in [1.82, 2.24) is 0 Å². The summed E-state index contributed by atoms with van der Waals surface area (Å²) in [4.78, 5) is 12.7. The number of hydrogen-bond donors (Lipinski definition) is 1. The number of benzene rings is 1. The van der Waals surface area contributed by atoms with Crippen LogP contribution in [0.2, 0.25) is 0 Å². The average Bonchev–Trinajstić information content (AvgIpc) is 2.50. The molecule has 1 amide bonds. The third-order valence-corrected chi connectivity index (χ3v) is 5.73. The second-order valence-corrected chi connectivity index (χ2v) is 7.66. The van der Waals surface area contributed by atoms with Gasteiger partial charge in [-0.25, -0.2) is 0 Å². The summed E-state index contributed by atoms with van der Waals surface area (Å²) in [6, 6.07) is 8.28. The van der Waals surface area contributed by atoms with Gasteiger partial charge in [0, 0.05) is 16.4 Å². The van der Waals surface area contributed by atoms with Crippen LogP contribution >= 0.6 is 15.9 Å². The lowest BCUT2D eigenvalue weighted by atomic mass is 9.88. The first-order chi connectivity index (χ1) is 10.1. The maximum Gasteiger partial charge on any atom is 0.227 e. The Balaban J connectivity index is 1.88. The summed E-state index contributed by atoms with van der Waals surface area (Å²) in [7, 11) is 0. The maximum absolute atomic E-state index is 12.2. The van der Waals surface area contributed by atoms with Crippen molar-refractivity contribution in [2.75, 3.05) is 5.32 Å². The summed E-state index contributed by atoms with van der Waals surface area (Å²) in [6.07, 6.45) is 6.78. The van der Waals surface area contributed by atoms with Gasteiger partial charge in [0.25, 0.3) is 0 Å². The van der Waals surface area contributed by atoms with Gasteiger partial charge < -0.3 is 5.32 Å². The van der Waals surface area contributed by atoms with E-state index in [4.69, 9.17) is 0 Å². The molecule has 1 aliphatic carbocycles. The topological polar surface area (TPSA) is 29.1 Å². The minimum atomic E-state index is 0.197. The summed E-state index contributed by atoms with van der Waals surface area (Å²) in [5, 5.41) is 3.06. The Bertz CT molecular complexity index is 449. The highest BCUT2D eigenvalue weighted by Crippen LogP contribution is 2.25. The van der Waals surface area contributed by atoms with Crippen LogP contribution in [0.1, 0.15) is 51.5 Å². The van der Waals surface area contributed by atoms with Crippen LogP contribution in [0.15, 0.2) is 24.3 Å². The van der Waals surface area contributed by atoms with Crippen LogP contribution in [0, 0.1) is 11.8 Å². The highest BCUT2D eigenvalue weighted by atomic mass is 79.9. The maximum atomic E-state index is 12.2. The van der Waals surface area contributed by atoms with E-state index in [1.165, 1.54) is 24.8 Å². The number of halogens is 1. The molecule has 2 nitrogen and oxygen atoms in total. The molecule has 0 aromatic heterocycles. The van der Waals surface area contributed by atoms with Crippen molar-refractivity contribution in [3.63, 3.8) is 0 Å². The molecule has 0 spiro atoms. The minimum Gasteiger partial charge on any atom is -0.326 e. The number of alkyl halides is 1. The summed E-state index contributed by atoms with van der Waals surface area (Å²) in [5.41, 5.74) is 2.23. The van der Waals surface area contributed by atoms with Gasteiger partial charge in [0.2, 0.25) is 5.91 Å². The molecule has 0 saturated heterocycles. The van der Waals surface area contributed by atoms with Crippen LogP contribution in [-0.2, 0) is 11.2 Å². The first kappa shape index (κ1) is 16.5. The molecule has 1 aliphatic rings. The highest BCUT2D eigenvalue weighted by Gasteiger charge is 2.21. The molecule has 2 rings (SSSR count). The number of amides is 1. The average molecular weight is 352 g/mol. The second kappa shape index (κ2) is 7.98. The van der Waals surface area contributed by atoms with Gasteiger partial charge in [-0.2, -0.15) is 0 Å². The minimum absolute atomic E-state index is 0.197. The van der Waals surface area contributed by atoms with Crippen LogP contribution in [0.25, 0.3) is 0 Å². The van der Waals surface area contributed by atoms with Gasteiger partial charge in [-0.15, -0.1) is 0 Å². The molecule has 1 fully saturated rings. The fourth-order valence-corrected chi connectivity index (χ4v) is 3.17. The number of nitrogens with one attached hydrogen (secondary N) is 1. The number of carbonyl (C=O) groups excluding carboxylic acids is 1. The largest absolute Gasteiger partial charge is 0.326 e. The van der Waals surface area contributed by atoms with Crippen molar-refractivity contribution in [2.45, 2.75) is 57.2 Å². The van der Waals surface area contributed by atoms with E-state index < -0.39 is 0 Å². The van der Waals surface area contributed by atoms with E-state index in [1.54, 1.807) is 0 Å². The molecule has 116 valence electrons. The van der Waals surface area contributed by atoms with Crippen molar-refractivity contribution >= 4 is 27.5 Å². The van der Waals surface area contributed by atoms with E-state index in [-0.39, 0.29) is 11.8 Å². The molecule has 0 radical (unpaired) electrons. The standard InChI is InChI=1S/C18H26BrNO/c1-13(2)17(19)12-14-8-10-16(11-9-14)20-18(21)15-6-4-3-5-7-15/h8-11,13,15,17H,3-7,12H2,1-2H3,(H,20,21). The van der Waals surface area contributed by atoms with E-state index in [9.17, 15) is 4.79 Å². The van der Waals surface area contributed by atoms with Gasteiger partial charge in [-0.3, -0.25) is 4.79 Å². The molecule has 0 heterocycles. The third kappa shape index (κ3) is 5.14. The predicted octanol–water partition coefficient (Wildman–Crippen LogP) is 5.17. The van der Waals surface area contributed by atoms with Crippen molar-refractivity contribution in [2.24, 2.45) is 11.8 Å². The monoisotopic (exact) mass is 351 g/mol. The molecule has 0 bridgehead atoms. The molecule has 1 aromatic rings. The molecule has 1 N–H and O–H groups in total. The first-order valence-electron chi connectivity index (χ1n) is 8.10. The molecule has 21 heavy (non-hydrogen) atoms. The summed E-state index contributed by atoms with van der Waals surface area (Å²) in [6.45, 7) is 4.44. The Morgan fingerprint density at radius 2 is 1.81 bits per heavy atom. The van der Waals surface area contributed by atoms with E-state index in [0.717, 1.165) is 24.9 Å². The molecular weight excluding hydrogens is 326 g/mol. The Morgan fingerprint density at radius 3 is 2.38 bits per heavy atom. The predicted molar refractivity (Wildman–Crippen MR) is 92.9 cm³/mol. The normalized spacial score (nSPS) is 17.7. The third-order valence-electron chi connectivity index (χ3n) is 4.35. The van der Waals surface area contributed by atoms with Crippen LogP contribution < -0.4 is 5.32 Å². The molecule has 1 aromatic carbocycles. The molecule has 0 aliphatic heterocycles. The van der Waals surface area contributed by atoms with Crippen molar-refractivity contribution in [3.8, 4) is 0 Å². The lowest BCUT2D eigenvalue weighted by molar-refractivity contribution is -0.120. The number of anilines is 1. The summed E-state index contributed by atoms with van der Waals surface area (Å²) >= 11 is 3.72. The second-order valence-electron chi connectivity index (χ2n) is 6.49. The van der Waals surface area contributed by atoms with Crippen LogP contribution in [0.5, 0.6) is 0 Å². The zero-order chi connectivity index (χ0) is 15.2. The van der Waals surface area contributed by atoms with Gasteiger partial charge in [0.05, 0.1) is 0 Å². The zero-order valence-corrected chi connectivity index (χ0v) is 14.7. The molecule has 1 unspecified atom stereocenters. The Kier molecular flexibility index (Phi) is 6.28. The van der Waals surface area contributed by atoms with Crippen molar-refractivity contribution in [1.29, 1.82) is 0 Å². The Labute approximate surface area is 136 Å². The molecule has 1 saturated carbocycles. The number of rotatable bonds is 5. The number of hydrogen-bond acceptors (Lipinski definition) is 1. The smallest absolute Gasteiger partial charge is 0.227 e. The highest BCUT2D eigenvalue weighted by molar-refractivity contribution is 9.09. The quantitative estimate of drug-likeness (QED) is 0.728. The number of carbonyl (C=O) groups is 1. The van der Waals surface area contributed by atoms with Crippen LogP contribution in [-0.4, -0.2) is 10.7 Å². The van der Waals surface area contributed by atoms with Gasteiger partial charge >= 0.3 is 0 Å². The summed E-state index contributed by atoms with van der Waals surface area (Å²) in [5.74, 6) is 1.03. The van der Waals surface area contributed by atoms with E-state index in [0.29, 0.717) is 10.7 Å². The fourth-order valence-electron chi connectivity index (χ4n) is 2.79. The summed E-state index contributed by atoms with van der Waals surface area (Å²) < 4.78 is 0. The van der Waals surface area contributed by atoms with Gasteiger partial charge in [0.15, 0.2) is 0 Å². The van der Waals surface area contributed by atoms with E-state index >= 15 is 0 Å². The first-order valence-corrected chi connectivity index (χ1v) is 9.01. The molecular formula is C18H26BrNO. The Morgan fingerprint density at radius 1 is 1.19 bits per heavy atom. The lowest BCUT2D eigenvalue weighted by Crippen LogP contribution is -2.24. The van der Waals surface area contributed by atoms with Crippen LogP contribution in [0.3, 0.4) is 0 Å². The lowest BCUT2D eigenvalue weighted by Gasteiger charge is -2.20. The zero-order valence-electron chi connectivity index (χ0n) is 13.1. The van der Waals surface area contributed by atoms with E-state index in [2.05, 4.69) is 47.2 Å². The Hall–Kier alpha value is -0.830. The molecule has 1 atom stereocenters. The van der Waals surface area contributed by atoms with Gasteiger partial charge in [0.1, 0.15) is 0 Å². The van der Waals surface area contributed by atoms with Crippen molar-refractivity contribution in [3.05, 3.63) is 29.8 Å². The van der Waals surface area contributed by atoms with Gasteiger partial charge in [-0.1, -0.05) is 61.2 Å².